The Morgan fingerprint density at radius 2 is 2.07 bits per heavy atom. The SMILES string of the molecule is Cc1cc(I)ccc1-c1cccnc1. The first-order chi connectivity index (χ1) is 6.77. The van der Waals surface area contributed by atoms with Gasteiger partial charge in [0.2, 0.25) is 0 Å². The third-order valence-electron chi connectivity index (χ3n) is 2.16. The van der Waals surface area contributed by atoms with Crippen LogP contribution in [0.25, 0.3) is 11.1 Å². The van der Waals surface area contributed by atoms with Gasteiger partial charge in [0.05, 0.1) is 0 Å². The molecule has 0 spiro atoms. The molecule has 0 atom stereocenters. The van der Waals surface area contributed by atoms with E-state index in [0.717, 1.165) is 0 Å². The maximum atomic E-state index is 4.12. The van der Waals surface area contributed by atoms with Gasteiger partial charge in [-0.15, -0.1) is 0 Å². The lowest BCUT2D eigenvalue weighted by molar-refractivity contribution is 1.32. The standard InChI is InChI=1S/C12H10IN/c1-9-7-11(13)4-5-12(9)10-3-2-6-14-8-10/h2-8H,1H3. The summed E-state index contributed by atoms with van der Waals surface area (Å²) in [5.74, 6) is 0. The van der Waals surface area contributed by atoms with Crippen molar-refractivity contribution in [2.75, 3.05) is 0 Å². The monoisotopic (exact) mass is 295 g/mol. The molecule has 0 bridgehead atoms. The maximum Gasteiger partial charge on any atom is 0.0346 e. The maximum absolute atomic E-state index is 4.12. The van der Waals surface area contributed by atoms with Crippen LogP contribution in [0.1, 0.15) is 5.56 Å². The van der Waals surface area contributed by atoms with E-state index in [1.54, 1.807) is 6.20 Å². The summed E-state index contributed by atoms with van der Waals surface area (Å²) < 4.78 is 1.27. The van der Waals surface area contributed by atoms with Crippen LogP contribution in [0.2, 0.25) is 0 Å². The van der Waals surface area contributed by atoms with Crippen LogP contribution in [0.3, 0.4) is 0 Å². The lowest BCUT2D eigenvalue weighted by Gasteiger charge is -2.05. The van der Waals surface area contributed by atoms with Gasteiger partial charge in [-0.3, -0.25) is 4.98 Å². The van der Waals surface area contributed by atoms with Gasteiger partial charge in [-0.1, -0.05) is 12.1 Å². The largest absolute Gasteiger partial charge is 0.264 e. The molecule has 14 heavy (non-hydrogen) atoms. The Kier molecular flexibility index (Phi) is 2.82. The topological polar surface area (TPSA) is 12.9 Å². The molecule has 0 saturated carbocycles. The van der Waals surface area contributed by atoms with E-state index in [4.69, 9.17) is 0 Å². The van der Waals surface area contributed by atoms with Crippen molar-refractivity contribution in [3.05, 3.63) is 51.9 Å². The van der Waals surface area contributed by atoms with Crippen LogP contribution in [0.15, 0.2) is 42.7 Å². The van der Waals surface area contributed by atoms with Gasteiger partial charge >= 0.3 is 0 Å². The van der Waals surface area contributed by atoms with E-state index in [0.29, 0.717) is 0 Å². The normalized spacial score (nSPS) is 10.1. The fourth-order valence-electron chi connectivity index (χ4n) is 1.47. The van der Waals surface area contributed by atoms with E-state index in [2.05, 4.69) is 58.8 Å². The molecule has 0 N–H and O–H groups in total. The molecule has 70 valence electrons. The zero-order valence-electron chi connectivity index (χ0n) is 7.87. The summed E-state index contributed by atoms with van der Waals surface area (Å²) in [6.45, 7) is 2.13. The fraction of sp³-hybridized carbons (Fsp3) is 0.0833. The second-order valence-electron chi connectivity index (χ2n) is 3.20. The van der Waals surface area contributed by atoms with Crippen LogP contribution < -0.4 is 0 Å². The summed E-state index contributed by atoms with van der Waals surface area (Å²) in [7, 11) is 0. The van der Waals surface area contributed by atoms with Crippen molar-refractivity contribution in [1.29, 1.82) is 0 Å². The predicted octanol–water partition coefficient (Wildman–Crippen LogP) is 3.66. The third kappa shape index (κ3) is 1.95. The Balaban J connectivity index is 2.53. The zero-order chi connectivity index (χ0) is 9.97. The van der Waals surface area contributed by atoms with E-state index >= 15 is 0 Å². The Hall–Kier alpha value is -0.900. The van der Waals surface area contributed by atoms with Crippen molar-refractivity contribution in [2.45, 2.75) is 6.92 Å². The first-order valence-corrected chi connectivity index (χ1v) is 5.52. The lowest BCUT2D eigenvalue weighted by Crippen LogP contribution is -1.84. The van der Waals surface area contributed by atoms with Gasteiger partial charge in [0.25, 0.3) is 0 Å². The Labute approximate surface area is 97.3 Å². The highest BCUT2D eigenvalue weighted by atomic mass is 127. The fourth-order valence-corrected chi connectivity index (χ4v) is 2.12. The van der Waals surface area contributed by atoms with Crippen molar-refractivity contribution >= 4 is 22.6 Å². The third-order valence-corrected chi connectivity index (χ3v) is 2.83. The molecule has 1 aromatic carbocycles. The highest BCUT2D eigenvalue weighted by Crippen LogP contribution is 2.23. The summed E-state index contributed by atoms with van der Waals surface area (Å²) in [5, 5.41) is 0. The summed E-state index contributed by atoms with van der Waals surface area (Å²) in [6, 6.07) is 10.5. The van der Waals surface area contributed by atoms with E-state index in [1.165, 1.54) is 20.3 Å². The molecule has 2 heteroatoms. The Morgan fingerprint density at radius 1 is 1.21 bits per heavy atom. The van der Waals surface area contributed by atoms with Gasteiger partial charge in [0, 0.05) is 21.5 Å². The molecule has 1 nitrogen and oxygen atoms in total. The van der Waals surface area contributed by atoms with E-state index in [9.17, 15) is 0 Å². The van der Waals surface area contributed by atoms with Crippen molar-refractivity contribution in [3.8, 4) is 11.1 Å². The second-order valence-corrected chi connectivity index (χ2v) is 4.45. The average Bonchev–Trinajstić information content (AvgIpc) is 2.19. The minimum Gasteiger partial charge on any atom is -0.264 e. The summed E-state index contributed by atoms with van der Waals surface area (Å²) in [4.78, 5) is 4.12. The van der Waals surface area contributed by atoms with Crippen molar-refractivity contribution in [3.63, 3.8) is 0 Å². The molecule has 1 aromatic heterocycles. The number of benzene rings is 1. The van der Waals surface area contributed by atoms with E-state index in [-0.39, 0.29) is 0 Å². The number of hydrogen-bond acceptors (Lipinski definition) is 1. The van der Waals surface area contributed by atoms with Crippen molar-refractivity contribution in [2.24, 2.45) is 0 Å². The average molecular weight is 295 g/mol. The quantitative estimate of drug-likeness (QED) is 0.732. The first-order valence-electron chi connectivity index (χ1n) is 4.44. The molecular formula is C12H10IN. The van der Waals surface area contributed by atoms with Gasteiger partial charge < -0.3 is 0 Å². The van der Waals surface area contributed by atoms with Crippen LogP contribution >= 0.6 is 22.6 Å². The smallest absolute Gasteiger partial charge is 0.0346 e. The minimum absolute atomic E-state index is 1.18. The van der Waals surface area contributed by atoms with Gasteiger partial charge in [-0.2, -0.15) is 0 Å². The number of pyridine rings is 1. The lowest BCUT2D eigenvalue weighted by atomic mass is 10.0. The molecule has 0 fully saturated rings. The predicted molar refractivity (Wildman–Crippen MR) is 67.1 cm³/mol. The highest BCUT2D eigenvalue weighted by Gasteiger charge is 2.01. The van der Waals surface area contributed by atoms with Gasteiger partial charge in [0.1, 0.15) is 0 Å². The number of nitrogens with zero attached hydrogens (tertiary/aromatic N) is 1. The molecule has 0 aliphatic heterocycles. The van der Waals surface area contributed by atoms with Crippen LogP contribution in [-0.2, 0) is 0 Å². The molecule has 1 heterocycles. The summed E-state index contributed by atoms with van der Waals surface area (Å²) >= 11 is 2.33. The Morgan fingerprint density at radius 3 is 2.71 bits per heavy atom. The van der Waals surface area contributed by atoms with Gasteiger partial charge in [-0.25, -0.2) is 0 Å². The van der Waals surface area contributed by atoms with Gasteiger partial charge in [0.15, 0.2) is 0 Å². The highest BCUT2D eigenvalue weighted by molar-refractivity contribution is 14.1. The van der Waals surface area contributed by atoms with Gasteiger partial charge in [-0.05, 0) is 58.8 Å². The number of halogens is 1. The molecular weight excluding hydrogens is 285 g/mol. The molecule has 2 aromatic rings. The number of aryl methyl sites for hydroxylation is 1. The minimum atomic E-state index is 1.18. The van der Waals surface area contributed by atoms with E-state index < -0.39 is 0 Å². The Bertz CT molecular complexity index is 437. The van der Waals surface area contributed by atoms with Crippen LogP contribution in [0.5, 0.6) is 0 Å². The van der Waals surface area contributed by atoms with Crippen molar-refractivity contribution < 1.29 is 0 Å². The number of hydrogen-bond donors (Lipinski definition) is 0. The molecule has 0 aliphatic carbocycles. The van der Waals surface area contributed by atoms with Crippen LogP contribution in [0.4, 0.5) is 0 Å². The summed E-state index contributed by atoms with van der Waals surface area (Å²) in [5.41, 5.74) is 3.74. The number of aromatic nitrogens is 1. The summed E-state index contributed by atoms with van der Waals surface area (Å²) in [6.07, 6.45) is 3.70. The molecule has 0 radical (unpaired) electrons. The number of rotatable bonds is 1. The molecule has 0 aliphatic rings. The van der Waals surface area contributed by atoms with Crippen LogP contribution in [0, 0.1) is 10.5 Å². The molecule has 2 rings (SSSR count). The molecule has 0 amide bonds. The van der Waals surface area contributed by atoms with Crippen LogP contribution in [-0.4, -0.2) is 4.98 Å². The van der Waals surface area contributed by atoms with E-state index in [1.807, 2.05) is 12.3 Å². The molecule has 0 unspecified atom stereocenters. The molecule has 0 saturated heterocycles. The van der Waals surface area contributed by atoms with Crippen molar-refractivity contribution in [1.82, 2.24) is 4.98 Å². The zero-order valence-corrected chi connectivity index (χ0v) is 10.0. The first kappa shape index (κ1) is 9.65. The second kappa shape index (κ2) is 4.09.